The van der Waals surface area contributed by atoms with Crippen LogP contribution in [0.15, 0.2) is 42.5 Å². The topological polar surface area (TPSA) is 61.5 Å². The summed E-state index contributed by atoms with van der Waals surface area (Å²) in [4.78, 5) is 11.7. The van der Waals surface area contributed by atoms with Gasteiger partial charge in [-0.2, -0.15) is 0 Å². The zero-order chi connectivity index (χ0) is 14.5. The van der Waals surface area contributed by atoms with E-state index in [-0.39, 0.29) is 0 Å². The lowest BCUT2D eigenvalue weighted by atomic mass is 10.1. The Bertz CT molecular complexity index is 623. The highest BCUT2D eigenvalue weighted by atomic mass is 16.5. The van der Waals surface area contributed by atoms with Gasteiger partial charge in [0.2, 0.25) is 0 Å². The van der Waals surface area contributed by atoms with Gasteiger partial charge in [-0.15, -0.1) is 0 Å². The van der Waals surface area contributed by atoms with E-state index in [0.717, 1.165) is 12.0 Å². The summed E-state index contributed by atoms with van der Waals surface area (Å²) in [5.74, 6) is 0.637. The van der Waals surface area contributed by atoms with Gasteiger partial charge in [0, 0.05) is 5.69 Å². The van der Waals surface area contributed by atoms with Crippen molar-refractivity contribution in [1.82, 2.24) is 0 Å². The summed E-state index contributed by atoms with van der Waals surface area (Å²) in [6.07, 6.45) is 0.919. The highest BCUT2D eigenvalue weighted by Gasteiger charge is 2.14. The molecule has 0 saturated carbocycles. The van der Waals surface area contributed by atoms with Crippen LogP contribution < -0.4 is 10.5 Å². The summed E-state index contributed by atoms with van der Waals surface area (Å²) in [6.45, 7) is 2.07. The first-order chi connectivity index (χ1) is 9.63. The highest BCUT2D eigenvalue weighted by Crippen LogP contribution is 2.28. The quantitative estimate of drug-likeness (QED) is 0.683. The van der Waals surface area contributed by atoms with Crippen molar-refractivity contribution >= 4 is 11.7 Å². The van der Waals surface area contributed by atoms with Crippen LogP contribution in [0.25, 0.3) is 0 Å². The Hall–Kier alpha value is -2.49. The lowest BCUT2D eigenvalue weighted by Crippen LogP contribution is -2.04. The minimum absolute atomic E-state index is 0.314. The molecule has 4 nitrogen and oxygen atoms in total. The van der Waals surface area contributed by atoms with Crippen molar-refractivity contribution in [3.63, 3.8) is 0 Å². The summed E-state index contributed by atoms with van der Waals surface area (Å²) in [5.41, 5.74) is 7.66. The average molecular weight is 271 g/mol. The Morgan fingerprint density at radius 3 is 2.70 bits per heavy atom. The number of benzene rings is 2. The van der Waals surface area contributed by atoms with Crippen molar-refractivity contribution in [2.24, 2.45) is 0 Å². The predicted octanol–water partition coefficient (Wildman–Crippen LogP) is 3.41. The highest BCUT2D eigenvalue weighted by molar-refractivity contribution is 5.93. The molecule has 2 aromatic carbocycles. The molecule has 0 aromatic heterocycles. The molecule has 4 heteroatoms. The number of ether oxygens (including phenoxy) is 2. The standard InChI is InChI=1S/C16H17NO3/c1-3-11-5-4-6-13(9-11)20-15-8-7-12(17)10-14(15)16(18)19-2/h4-10H,3,17H2,1-2H3. The fourth-order valence-corrected chi connectivity index (χ4v) is 1.86. The minimum Gasteiger partial charge on any atom is -0.465 e. The first-order valence-corrected chi connectivity index (χ1v) is 6.38. The van der Waals surface area contributed by atoms with Crippen molar-refractivity contribution in [2.75, 3.05) is 12.8 Å². The van der Waals surface area contributed by atoms with Crippen LogP contribution in [0.5, 0.6) is 11.5 Å². The zero-order valence-electron chi connectivity index (χ0n) is 11.6. The van der Waals surface area contributed by atoms with Gasteiger partial charge in [-0.05, 0) is 42.3 Å². The number of nitrogens with two attached hydrogens (primary N) is 1. The molecule has 0 spiro atoms. The molecule has 2 aromatic rings. The largest absolute Gasteiger partial charge is 0.465 e. The van der Waals surface area contributed by atoms with Crippen LogP contribution in [-0.4, -0.2) is 13.1 Å². The van der Waals surface area contributed by atoms with E-state index in [1.807, 2.05) is 24.3 Å². The number of nitrogen functional groups attached to an aromatic ring is 1. The van der Waals surface area contributed by atoms with Crippen LogP contribution in [0.4, 0.5) is 5.69 Å². The number of rotatable bonds is 4. The molecule has 0 fully saturated rings. The molecule has 0 aliphatic heterocycles. The molecule has 0 bridgehead atoms. The van der Waals surface area contributed by atoms with Crippen molar-refractivity contribution < 1.29 is 14.3 Å². The SMILES string of the molecule is CCc1cccc(Oc2ccc(N)cc2C(=O)OC)c1. The second-order valence-corrected chi connectivity index (χ2v) is 4.35. The van der Waals surface area contributed by atoms with Crippen LogP contribution >= 0.6 is 0 Å². The lowest BCUT2D eigenvalue weighted by molar-refractivity contribution is 0.0598. The monoisotopic (exact) mass is 271 g/mol. The maximum absolute atomic E-state index is 11.7. The Kier molecular flexibility index (Phi) is 4.25. The molecule has 0 saturated heterocycles. The van der Waals surface area contributed by atoms with E-state index in [1.165, 1.54) is 7.11 Å². The summed E-state index contributed by atoms with van der Waals surface area (Å²) in [7, 11) is 1.33. The van der Waals surface area contributed by atoms with Gasteiger partial charge in [-0.25, -0.2) is 4.79 Å². The second kappa shape index (κ2) is 6.10. The Balaban J connectivity index is 2.35. The summed E-state index contributed by atoms with van der Waals surface area (Å²) >= 11 is 0. The third-order valence-corrected chi connectivity index (χ3v) is 2.94. The summed E-state index contributed by atoms with van der Waals surface area (Å²) < 4.78 is 10.5. The van der Waals surface area contributed by atoms with Crippen molar-refractivity contribution in [2.45, 2.75) is 13.3 Å². The lowest BCUT2D eigenvalue weighted by Gasteiger charge is -2.11. The van der Waals surface area contributed by atoms with E-state index < -0.39 is 5.97 Å². The van der Waals surface area contributed by atoms with Crippen LogP contribution in [0, 0.1) is 0 Å². The smallest absolute Gasteiger partial charge is 0.341 e. The predicted molar refractivity (Wildman–Crippen MR) is 78.1 cm³/mol. The number of hydrogen-bond acceptors (Lipinski definition) is 4. The van der Waals surface area contributed by atoms with Gasteiger partial charge in [0.25, 0.3) is 0 Å². The number of hydrogen-bond donors (Lipinski definition) is 1. The van der Waals surface area contributed by atoms with Gasteiger partial charge in [-0.1, -0.05) is 19.1 Å². The molecular weight excluding hydrogens is 254 g/mol. The first kappa shape index (κ1) is 13.9. The molecule has 0 amide bonds. The van der Waals surface area contributed by atoms with Gasteiger partial charge in [0.1, 0.15) is 17.1 Å². The average Bonchev–Trinajstić information content (AvgIpc) is 2.48. The maximum atomic E-state index is 11.7. The Morgan fingerprint density at radius 1 is 1.20 bits per heavy atom. The van der Waals surface area contributed by atoms with Gasteiger partial charge >= 0.3 is 5.97 Å². The number of methoxy groups -OCH3 is 1. The van der Waals surface area contributed by atoms with Gasteiger partial charge in [0.05, 0.1) is 7.11 Å². The molecular formula is C16H17NO3. The third-order valence-electron chi connectivity index (χ3n) is 2.94. The molecule has 104 valence electrons. The number of aryl methyl sites for hydroxylation is 1. The third kappa shape index (κ3) is 3.09. The number of carbonyl (C=O) groups is 1. The van der Waals surface area contributed by atoms with Crippen LogP contribution in [0.3, 0.4) is 0 Å². The molecule has 2 N–H and O–H groups in total. The minimum atomic E-state index is -0.473. The molecule has 2 rings (SSSR count). The maximum Gasteiger partial charge on any atom is 0.341 e. The molecule has 0 atom stereocenters. The fraction of sp³-hybridized carbons (Fsp3) is 0.188. The summed E-state index contributed by atoms with van der Waals surface area (Å²) in [6, 6.07) is 12.6. The Labute approximate surface area is 118 Å². The van der Waals surface area contributed by atoms with E-state index in [2.05, 4.69) is 6.92 Å². The van der Waals surface area contributed by atoms with Gasteiger partial charge in [0.15, 0.2) is 0 Å². The molecule has 0 aliphatic carbocycles. The van der Waals surface area contributed by atoms with Crippen molar-refractivity contribution in [3.8, 4) is 11.5 Å². The second-order valence-electron chi connectivity index (χ2n) is 4.35. The Morgan fingerprint density at radius 2 is 2.00 bits per heavy atom. The van der Waals surface area contributed by atoms with E-state index in [0.29, 0.717) is 22.7 Å². The number of esters is 1. The molecule has 0 aliphatic rings. The molecule has 0 unspecified atom stereocenters. The number of anilines is 1. The first-order valence-electron chi connectivity index (χ1n) is 6.38. The fourth-order valence-electron chi connectivity index (χ4n) is 1.86. The van der Waals surface area contributed by atoms with Crippen molar-refractivity contribution in [1.29, 1.82) is 0 Å². The van der Waals surface area contributed by atoms with Crippen LogP contribution in [-0.2, 0) is 11.2 Å². The van der Waals surface area contributed by atoms with E-state index in [1.54, 1.807) is 18.2 Å². The van der Waals surface area contributed by atoms with Crippen LogP contribution in [0.2, 0.25) is 0 Å². The van der Waals surface area contributed by atoms with Gasteiger partial charge < -0.3 is 15.2 Å². The van der Waals surface area contributed by atoms with E-state index in [9.17, 15) is 4.79 Å². The van der Waals surface area contributed by atoms with Crippen LogP contribution in [0.1, 0.15) is 22.8 Å². The summed E-state index contributed by atoms with van der Waals surface area (Å²) in [5, 5.41) is 0. The van der Waals surface area contributed by atoms with E-state index >= 15 is 0 Å². The molecule has 20 heavy (non-hydrogen) atoms. The van der Waals surface area contributed by atoms with E-state index in [4.69, 9.17) is 15.2 Å². The molecule has 0 heterocycles. The van der Waals surface area contributed by atoms with Gasteiger partial charge in [-0.3, -0.25) is 0 Å². The molecule has 0 radical (unpaired) electrons. The number of carbonyl (C=O) groups excluding carboxylic acids is 1. The normalized spacial score (nSPS) is 10.1. The van der Waals surface area contributed by atoms with Crippen molar-refractivity contribution in [3.05, 3.63) is 53.6 Å². The zero-order valence-corrected chi connectivity index (χ0v) is 11.6.